The SMILES string of the molecule is CCC(C)(CC)c1ccc(-c2c(C)cc(-c3ccccc3)cc2C)c2c1nc(/C=C\N)c1c(C)cccc12. The average molecular weight is 499 g/mol. The van der Waals surface area contributed by atoms with Crippen LogP contribution in [0.3, 0.4) is 0 Å². The molecule has 5 aromatic rings. The molecule has 0 fully saturated rings. The molecule has 192 valence electrons. The lowest BCUT2D eigenvalue weighted by Gasteiger charge is -2.30. The molecule has 0 saturated heterocycles. The summed E-state index contributed by atoms with van der Waals surface area (Å²) in [5.41, 5.74) is 18.1. The zero-order valence-electron chi connectivity index (χ0n) is 23.5. The van der Waals surface area contributed by atoms with Gasteiger partial charge in [0.2, 0.25) is 0 Å². The summed E-state index contributed by atoms with van der Waals surface area (Å²) in [4.78, 5) is 5.36. The third kappa shape index (κ3) is 4.19. The predicted octanol–water partition coefficient (Wildman–Crippen LogP) is 9.65. The van der Waals surface area contributed by atoms with Crippen LogP contribution >= 0.6 is 0 Å². The number of aromatic nitrogens is 1. The third-order valence-corrected chi connectivity index (χ3v) is 8.58. The Labute approximate surface area is 227 Å². The number of nitrogens with zero attached hydrogens (tertiary/aromatic N) is 1. The van der Waals surface area contributed by atoms with Crippen molar-refractivity contribution in [3.05, 3.63) is 107 Å². The Bertz CT molecular complexity index is 1650. The molecule has 0 bridgehead atoms. The summed E-state index contributed by atoms with van der Waals surface area (Å²) in [5.74, 6) is 0. The topological polar surface area (TPSA) is 38.9 Å². The van der Waals surface area contributed by atoms with Gasteiger partial charge in [-0.05, 0) is 101 Å². The molecular weight excluding hydrogens is 460 g/mol. The van der Waals surface area contributed by atoms with E-state index in [2.05, 4.69) is 114 Å². The van der Waals surface area contributed by atoms with Crippen molar-refractivity contribution in [3.8, 4) is 22.3 Å². The number of rotatable bonds is 6. The summed E-state index contributed by atoms with van der Waals surface area (Å²) in [6.45, 7) is 13.6. The van der Waals surface area contributed by atoms with Crippen LogP contribution in [-0.2, 0) is 5.41 Å². The van der Waals surface area contributed by atoms with E-state index in [4.69, 9.17) is 10.7 Å². The standard InChI is InChI=1S/C36H38N2/c1-7-36(6,8-2)30-18-17-29(32-24(4)21-27(22-25(32)5)26-14-10-9-11-15-26)34-28-16-12-13-23(3)33(28)31(19-20-37)38-35(30)34/h9-22H,7-8,37H2,1-6H3/b20-19-. The maximum atomic E-state index is 5.92. The second-order valence-corrected chi connectivity index (χ2v) is 10.9. The third-order valence-electron chi connectivity index (χ3n) is 8.58. The number of aryl methyl sites for hydroxylation is 3. The van der Waals surface area contributed by atoms with E-state index in [1.807, 2.05) is 6.08 Å². The van der Waals surface area contributed by atoms with Gasteiger partial charge in [-0.25, -0.2) is 4.98 Å². The summed E-state index contributed by atoms with van der Waals surface area (Å²) < 4.78 is 0. The zero-order valence-corrected chi connectivity index (χ0v) is 23.5. The van der Waals surface area contributed by atoms with Gasteiger partial charge in [0.1, 0.15) is 0 Å². The van der Waals surface area contributed by atoms with Crippen LogP contribution in [0.15, 0.2) is 79.0 Å². The van der Waals surface area contributed by atoms with Gasteiger partial charge >= 0.3 is 0 Å². The van der Waals surface area contributed by atoms with E-state index in [-0.39, 0.29) is 5.41 Å². The summed E-state index contributed by atoms with van der Waals surface area (Å²) in [7, 11) is 0. The first-order valence-corrected chi connectivity index (χ1v) is 13.7. The van der Waals surface area contributed by atoms with Crippen LogP contribution in [0.4, 0.5) is 0 Å². The first-order valence-electron chi connectivity index (χ1n) is 13.7. The lowest BCUT2D eigenvalue weighted by atomic mass is 9.75. The summed E-state index contributed by atoms with van der Waals surface area (Å²) >= 11 is 0. The molecule has 1 heterocycles. The number of fused-ring (bicyclic) bond motifs is 3. The van der Waals surface area contributed by atoms with Gasteiger partial charge in [0.15, 0.2) is 0 Å². The smallest absolute Gasteiger partial charge is 0.0759 e. The monoisotopic (exact) mass is 498 g/mol. The second kappa shape index (κ2) is 10.1. The predicted molar refractivity (Wildman–Crippen MR) is 165 cm³/mol. The van der Waals surface area contributed by atoms with Gasteiger partial charge in [0, 0.05) is 10.8 Å². The molecule has 38 heavy (non-hydrogen) atoms. The molecule has 0 aliphatic rings. The van der Waals surface area contributed by atoms with Crippen LogP contribution in [0.2, 0.25) is 0 Å². The molecule has 5 rings (SSSR count). The van der Waals surface area contributed by atoms with Crippen molar-refractivity contribution in [1.29, 1.82) is 0 Å². The molecule has 0 spiro atoms. The molecule has 0 aliphatic heterocycles. The summed E-state index contributed by atoms with van der Waals surface area (Å²) in [5, 5.41) is 3.65. The Kier molecular flexibility index (Phi) is 6.84. The molecule has 0 aliphatic carbocycles. The Morgan fingerprint density at radius 1 is 0.763 bits per heavy atom. The highest BCUT2D eigenvalue weighted by Crippen LogP contribution is 2.44. The highest BCUT2D eigenvalue weighted by molar-refractivity contribution is 6.16. The van der Waals surface area contributed by atoms with E-state index in [9.17, 15) is 0 Å². The van der Waals surface area contributed by atoms with Crippen LogP contribution in [0, 0.1) is 20.8 Å². The fourth-order valence-electron chi connectivity index (χ4n) is 6.10. The fourth-order valence-corrected chi connectivity index (χ4v) is 6.10. The van der Waals surface area contributed by atoms with Gasteiger partial charge in [0.25, 0.3) is 0 Å². The van der Waals surface area contributed by atoms with Crippen LogP contribution < -0.4 is 5.73 Å². The molecular formula is C36H38N2. The first kappa shape index (κ1) is 25.7. The number of hydrogen-bond donors (Lipinski definition) is 1. The van der Waals surface area contributed by atoms with Gasteiger partial charge in [-0.1, -0.05) is 93.6 Å². The molecule has 2 heteroatoms. The molecule has 0 radical (unpaired) electrons. The van der Waals surface area contributed by atoms with Gasteiger partial charge in [-0.3, -0.25) is 0 Å². The molecule has 2 nitrogen and oxygen atoms in total. The molecule has 2 N–H and O–H groups in total. The minimum Gasteiger partial charge on any atom is -0.405 e. The average Bonchev–Trinajstić information content (AvgIpc) is 2.92. The van der Waals surface area contributed by atoms with Crippen molar-refractivity contribution in [2.24, 2.45) is 5.73 Å². The van der Waals surface area contributed by atoms with Crippen molar-refractivity contribution >= 4 is 27.8 Å². The van der Waals surface area contributed by atoms with E-state index in [1.54, 1.807) is 6.20 Å². The Balaban J connectivity index is 1.92. The van der Waals surface area contributed by atoms with E-state index < -0.39 is 0 Å². The van der Waals surface area contributed by atoms with Crippen LogP contribution in [0.1, 0.15) is 61.6 Å². The Hall–Kier alpha value is -3.91. The van der Waals surface area contributed by atoms with Gasteiger partial charge in [0.05, 0.1) is 11.2 Å². The first-order chi connectivity index (χ1) is 18.3. The summed E-state index contributed by atoms with van der Waals surface area (Å²) in [6.07, 6.45) is 5.67. The van der Waals surface area contributed by atoms with Crippen molar-refractivity contribution in [2.45, 2.75) is 59.8 Å². The molecule has 0 atom stereocenters. The number of pyridine rings is 1. The van der Waals surface area contributed by atoms with Crippen LogP contribution in [-0.4, -0.2) is 4.98 Å². The van der Waals surface area contributed by atoms with E-state index in [0.717, 1.165) is 24.1 Å². The van der Waals surface area contributed by atoms with E-state index in [1.165, 1.54) is 60.7 Å². The minimum atomic E-state index is 0.0340. The Morgan fingerprint density at radius 2 is 1.45 bits per heavy atom. The molecule has 1 aromatic heterocycles. The quantitative estimate of drug-likeness (QED) is 0.237. The lowest BCUT2D eigenvalue weighted by molar-refractivity contribution is 0.442. The van der Waals surface area contributed by atoms with Crippen LogP contribution in [0.5, 0.6) is 0 Å². The largest absolute Gasteiger partial charge is 0.405 e. The Morgan fingerprint density at radius 3 is 2.08 bits per heavy atom. The minimum absolute atomic E-state index is 0.0340. The fraction of sp³-hybridized carbons (Fsp3) is 0.250. The highest BCUT2D eigenvalue weighted by atomic mass is 14.7. The van der Waals surface area contributed by atoms with Gasteiger partial charge < -0.3 is 5.73 Å². The number of benzene rings is 4. The van der Waals surface area contributed by atoms with Crippen LogP contribution in [0.25, 0.3) is 50.0 Å². The maximum Gasteiger partial charge on any atom is 0.0759 e. The zero-order chi connectivity index (χ0) is 27.0. The van der Waals surface area contributed by atoms with Gasteiger partial charge in [-0.2, -0.15) is 0 Å². The number of hydrogen-bond acceptors (Lipinski definition) is 2. The summed E-state index contributed by atoms with van der Waals surface area (Å²) in [6, 6.07) is 26.6. The molecule has 0 amide bonds. The second-order valence-electron chi connectivity index (χ2n) is 10.9. The number of nitrogens with two attached hydrogens (primary N) is 1. The van der Waals surface area contributed by atoms with Crippen molar-refractivity contribution < 1.29 is 0 Å². The van der Waals surface area contributed by atoms with Crippen molar-refractivity contribution in [1.82, 2.24) is 4.98 Å². The van der Waals surface area contributed by atoms with Crippen molar-refractivity contribution in [2.75, 3.05) is 0 Å². The molecule has 0 unspecified atom stereocenters. The van der Waals surface area contributed by atoms with Gasteiger partial charge in [-0.15, -0.1) is 0 Å². The van der Waals surface area contributed by atoms with E-state index in [0.29, 0.717) is 0 Å². The molecule has 0 saturated carbocycles. The molecule has 4 aromatic carbocycles. The highest BCUT2D eigenvalue weighted by Gasteiger charge is 2.28. The van der Waals surface area contributed by atoms with Crippen molar-refractivity contribution in [3.63, 3.8) is 0 Å². The normalized spacial score (nSPS) is 12.2. The van der Waals surface area contributed by atoms with E-state index >= 15 is 0 Å². The lowest BCUT2D eigenvalue weighted by Crippen LogP contribution is -2.20. The maximum absolute atomic E-state index is 5.92.